The average molecular weight is 523 g/mol. The minimum absolute atomic E-state index is 0.0109. The van der Waals surface area contributed by atoms with Gasteiger partial charge in [-0.05, 0) is 36.6 Å². The molecule has 3 atom stereocenters. The molecule has 2 fully saturated rings. The van der Waals surface area contributed by atoms with Crippen molar-refractivity contribution in [2.45, 2.75) is 42.5 Å². The molecule has 2 bridgehead atoms. The van der Waals surface area contributed by atoms with Crippen molar-refractivity contribution < 1.29 is 41.7 Å². The Bertz CT molecular complexity index is 1210. The maximum absolute atomic E-state index is 14.8. The quantitative estimate of drug-likeness (QED) is 0.499. The second kappa shape index (κ2) is 10.8. The van der Waals surface area contributed by atoms with Crippen molar-refractivity contribution in [3.63, 3.8) is 0 Å². The summed E-state index contributed by atoms with van der Waals surface area (Å²) in [5.74, 6) is -2.42. The molecule has 1 N–H and O–H groups in total. The number of carbonyl (C=O) groups is 2. The number of sulfonamides is 1. The molecule has 4 rings (SSSR count). The lowest BCUT2D eigenvalue weighted by Gasteiger charge is -2.43. The molecule has 10 nitrogen and oxygen atoms in total. The van der Waals surface area contributed by atoms with Crippen LogP contribution in [0.4, 0.5) is 9.18 Å². The number of rotatable bonds is 9. The summed E-state index contributed by atoms with van der Waals surface area (Å²) in [6.07, 6.45) is 0.00233. The Hall–Kier alpha value is -3.22. The first-order chi connectivity index (χ1) is 17.2. The number of methoxy groups -OCH3 is 1. The van der Waals surface area contributed by atoms with E-state index in [1.807, 2.05) is 30.3 Å². The van der Waals surface area contributed by atoms with Gasteiger partial charge in [-0.1, -0.05) is 30.3 Å². The van der Waals surface area contributed by atoms with E-state index in [2.05, 4.69) is 0 Å². The van der Waals surface area contributed by atoms with Gasteiger partial charge in [0, 0.05) is 19.7 Å². The second-order valence-corrected chi connectivity index (χ2v) is 10.4. The number of amides is 1. The summed E-state index contributed by atoms with van der Waals surface area (Å²) in [7, 11) is -2.95. The minimum atomic E-state index is -4.40. The van der Waals surface area contributed by atoms with Crippen LogP contribution in [-0.4, -0.2) is 79.8 Å². The third-order valence-electron chi connectivity index (χ3n) is 6.34. The normalized spacial score (nSPS) is 21.8. The van der Waals surface area contributed by atoms with Gasteiger partial charge in [-0.3, -0.25) is 9.69 Å². The largest absolute Gasteiger partial charge is 0.486 e. The van der Waals surface area contributed by atoms with Crippen LogP contribution in [0.15, 0.2) is 53.4 Å². The van der Waals surface area contributed by atoms with Gasteiger partial charge in [0.25, 0.3) is 0 Å². The van der Waals surface area contributed by atoms with Crippen LogP contribution in [0.5, 0.6) is 5.75 Å². The van der Waals surface area contributed by atoms with Crippen LogP contribution in [0.2, 0.25) is 0 Å². The molecule has 2 heterocycles. The molecular formula is C24H27FN2O8S. The Morgan fingerprint density at radius 3 is 2.53 bits per heavy atom. The molecule has 1 amide bonds. The zero-order chi connectivity index (χ0) is 25.9. The van der Waals surface area contributed by atoms with Gasteiger partial charge < -0.3 is 19.3 Å². The van der Waals surface area contributed by atoms with Gasteiger partial charge in [0.1, 0.15) is 19.3 Å². The molecular weight excluding hydrogens is 495 g/mol. The molecule has 0 aromatic heterocycles. The Labute approximate surface area is 208 Å². The number of carboxylic acids is 1. The van der Waals surface area contributed by atoms with E-state index in [1.54, 1.807) is 0 Å². The van der Waals surface area contributed by atoms with Gasteiger partial charge in [0.2, 0.25) is 10.0 Å². The maximum atomic E-state index is 14.8. The average Bonchev–Trinajstić information content (AvgIpc) is 3.16. The lowest BCUT2D eigenvalue weighted by molar-refractivity contribution is -0.145. The number of aliphatic carboxylic acids is 1. The van der Waals surface area contributed by atoms with E-state index in [4.69, 9.17) is 14.2 Å². The summed E-state index contributed by atoms with van der Waals surface area (Å²) >= 11 is 0. The molecule has 0 unspecified atom stereocenters. The number of hydrogen-bond donors (Lipinski definition) is 1. The minimum Gasteiger partial charge on any atom is -0.486 e. The van der Waals surface area contributed by atoms with E-state index >= 15 is 0 Å². The van der Waals surface area contributed by atoms with Crippen LogP contribution in [0.25, 0.3) is 0 Å². The predicted molar refractivity (Wildman–Crippen MR) is 124 cm³/mol. The molecule has 12 heteroatoms. The number of fused-ring (bicyclic) bond motifs is 2. The van der Waals surface area contributed by atoms with Gasteiger partial charge in [0.15, 0.2) is 11.6 Å². The monoisotopic (exact) mass is 522 g/mol. The molecule has 2 aromatic carbocycles. The highest BCUT2D eigenvalue weighted by Crippen LogP contribution is 2.38. The van der Waals surface area contributed by atoms with Crippen LogP contribution >= 0.6 is 0 Å². The van der Waals surface area contributed by atoms with Crippen molar-refractivity contribution in [3.05, 3.63) is 59.9 Å². The van der Waals surface area contributed by atoms with Crippen LogP contribution in [0.1, 0.15) is 18.4 Å². The van der Waals surface area contributed by atoms with Crippen molar-refractivity contribution in [2.75, 3.05) is 26.9 Å². The summed E-state index contributed by atoms with van der Waals surface area (Å²) < 4.78 is 58.0. The highest BCUT2D eigenvalue weighted by atomic mass is 32.2. The van der Waals surface area contributed by atoms with Gasteiger partial charge in [-0.25, -0.2) is 17.6 Å². The third kappa shape index (κ3) is 5.15. The molecule has 2 aliphatic rings. The van der Waals surface area contributed by atoms with E-state index in [-0.39, 0.29) is 32.1 Å². The Kier molecular flexibility index (Phi) is 7.76. The fourth-order valence-electron chi connectivity index (χ4n) is 4.65. The van der Waals surface area contributed by atoms with Crippen molar-refractivity contribution in [3.8, 4) is 5.75 Å². The SMILES string of the molecule is COCCOC(=O)N1[C@@H]2CC[C@H]1[C@H](C(=O)O)N(S(=O)(=O)c1ccc(OCc3ccccc3)c(F)c1)C2. The lowest BCUT2D eigenvalue weighted by atomic mass is 10.1. The smallest absolute Gasteiger partial charge is 0.410 e. The molecule has 0 saturated carbocycles. The van der Waals surface area contributed by atoms with E-state index in [1.165, 1.54) is 24.1 Å². The van der Waals surface area contributed by atoms with Crippen LogP contribution in [0.3, 0.4) is 0 Å². The Balaban J connectivity index is 1.54. The summed E-state index contributed by atoms with van der Waals surface area (Å²) in [5.41, 5.74) is 0.812. The molecule has 2 saturated heterocycles. The van der Waals surface area contributed by atoms with Gasteiger partial charge in [-0.2, -0.15) is 4.31 Å². The van der Waals surface area contributed by atoms with Gasteiger partial charge in [-0.15, -0.1) is 0 Å². The number of benzene rings is 2. The molecule has 2 aliphatic heterocycles. The molecule has 194 valence electrons. The highest BCUT2D eigenvalue weighted by molar-refractivity contribution is 7.89. The van der Waals surface area contributed by atoms with Gasteiger partial charge in [0.05, 0.1) is 17.5 Å². The number of carbonyl (C=O) groups excluding carboxylic acids is 1. The van der Waals surface area contributed by atoms with E-state index in [9.17, 15) is 27.5 Å². The van der Waals surface area contributed by atoms with E-state index < -0.39 is 50.9 Å². The summed E-state index contributed by atoms with van der Waals surface area (Å²) in [5, 5.41) is 9.93. The maximum Gasteiger partial charge on any atom is 0.410 e. The van der Waals surface area contributed by atoms with E-state index in [0.717, 1.165) is 15.9 Å². The third-order valence-corrected chi connectivity index (χ3v) is 8.18. The standard InChI is InChI=1S/C24H27FN2O8S/c1-33-11-12-34-24(30)27-17-7-9-20(27)22(23(28)29)26(14-17)36(31,32)18-8-10-21(19(25)13-18)35-15-16-5-3-2-4-6-16/h2-6,8,10,13,17,20,22H,7,9,11-12,14-15H2,1H3,(H,28,29)/t17-,20+,22-/m1/s1. The zero-order valence-electron chi connectivity index (χ0n) is 19.6. The number of nitrogens with zero attached hydrogens (tertiary/aromatic N) is 2. The van der Waals surface area contributed by atoms with E-state index in [0.29, 0.717) is 12.8 Å². The zero-order valence-corrected chi connectivity index (χ0v) is 20.4. The summed E-state index contributed by atoms with van der Waals surface area (Å²) in [4.78, 5) is 25.7. The lowest BCUT2D eigenvalue weighted by Crippen LogP contribution is -2.64. The number of hydrogen-bond acceptors (Lipinski definition) is 7. The molecule has 2 aromatic rings. The Morgan fingerprint density at radius 2 is 1.86 bits per heavy atom. The number of halogens is 1. The van der Waals surface area contributed by atoms with Gasteiger partial charge >= 0.3 is 12.1 Å². The predicted octanol–water partition coefficient (Wildman–Crippen LogP) is 2.48. The number of ether oxygens (including phenoxy) is 3. The van der Waals surface area contributed by atoms with Crippen LogP contribution in [-0.2, 0) is 30.9 Å². The van der Waals surface area contributed by atoms with Crippen LogP contribution < -0.4 is 4.74 Å². The molecule has 0 radical (unpaired) electrons. The fraction of sp³-hybridized carbons (Fsp3) is 0.417. The molecule has 36 heavy (non-hydrogen) atoms. The van der Waals surface area contributed by atoms with Crippen molar-refractivity contribution >= 4 is 22.1 Å². The summed E-state index contributed by atoms with van der Waals surface area (Å²) in [6.45, 7) is 0.0111. The van der Waals surface area contributed by atoms with Crippen LogP contribution in [0, 0.1) is 5.82 Å². The fourth-order valence-corrected chi connectivity index (χ4v) is 6.31. The first kappa shape index (κ1) is 25.9. The number of piperazine rings is 1. The van der Waals surface area contributed by atoms with Crippen molar-refractivity contribution in [1.29, 1.82) is 0 Å². The Morgan fingerprint density at radius 1 is 1.11 bits per heavy atom. The summed E-state index contributed by atoms with van der Waals surface area (Å²) in [6, 6.07) is 9.29. The molecule has 0 spiro atoms. The highest BCUT2D eigenvalue weighted by Gasteiger charge is 2.55. The number of carboxylic acid groups (broad SMARTS) is 1. The van der Waals surface area contributed by atoms with Crippen molar-refractivity contribution in [1.82, 2.24) is 9.21 Å². The topological polar surface area (TPSA) is 123 Å². The first-order valence-electron chi connectivity index (χ1n) is 11.4. The molecule has 0 aliphatic carbocycles. The van der Waals surface area contributed by atoms with Crippen molar-refractivity contribution in [2.24, 2.45) is 0 Å². The first-order valence-corrected chi connectivity index (χ1v) is 12.8. The second-order valence-electron chi connectivity index (χ2n) is 8.54.